The Morgan fingerprint density at radius 3 is 2.63 bits per heavy atom. The number of hydrogen-bond acceptors (Lipinski definition) is 7. The fourth-order valence-electron chi connectivity index (χ4n) is 3.72. The largest absolute Gasteiger partial charge is 0.508 e. The van der Waals surface area contributed by atoms with Crippen LogP contribution in [0.15, 0.2) is 60.2 Å². The summed E-state index contributed by atoms with van der Waals surface area (Å²) in [4.78, 5) is 43.9. The van der Waals surface area contributed by atoms with Gasteiger partial charge < -0.3 is 20.5 Å². The summed E-state index contributed by atoms with van der Waals surface area (Å²) in [6.07, 6.45) is 2.78. The first-order valence-corrected chi connectivity index (χ1v) is 11.7. The first-order valence-electron chi connectivity index (χ1n) is 10.8. The number of ether oxygens (including phenoxy) is 1. The van der Waals surface area contributed by atoms with Gasteiger partial charge in [0.25, 0.3) is 5.91 Å². The first kappa shape index (κ1) is 26.4. The lowest BCUT2D eigenvalue weighted by molar-refractivity contribution is -0.130. The van der Waals surface area contributed by atoms with Gasteiger partial charge >= 0.3 is 0 Å². The second-order valence-corrected chi connectivity index (χ2v) is 9.35. The number of nitrogens with one attached hydrogen (secondary N) is 2. The summed E-state index contributed by atoms with van der Waals surface area (Å²) in [5, 5.41) is 17.1. The van der Waals surface area contributed by atoms with Crippen molar-refractivity contribution in [3.05, 3.63) is 71.4 Å². The van der Waals surface area contributed by atoms with Gasteiger partial charge in [-0.05, 0) is 49.1 Å². The van der Waals surface area contributed by atoms with E-state index in [0.29, 0.717) is 5.56 Å². The minimum absolute atomic E-state index is 0. The molecule has 0 spiro atoms. The monoisotopic (exact) mass is 513 g/mol. The number of amides is 2. The van der Waals surface area contributed by atoms with Crippen molar-refractivity contribution in [1.82, 2.24) is 15.6 Å². The highest BCUT2D eigenvalue weighted by atomic mass is 32.1. The Hall–Kier alpha value is -3.21. The summed E-state index contributed by atoms with van der Waals surface area (Å²) in [6, 6.07) is 11.0. The van der Waals surface area contributed by atoms with Gasteiger partial charge in [-0.15, -0.1) is 11.3 Å². The fraction of sp³-hybridized carbons (Fsp3) is 0.280. The lowest BCUT2D eigenvalue weighted by Gasteiger charge is -2.30. The smallest absolute Gasteiger partial charge is 0.253 e. The number of phenolic OH excluding ortho intramolecular Hbond substituents is 1. The maximum absolute atomic E-state index is 13.3. The average Bonchev–Trinajstić information content (AvgIpc) is 3.45. The molecule has 2 aromatic heterocycles. The van der Waals surface area contributed by atoms with E-state index in [0.717, 1.165) is 16.0 Å². The summed E-state index contributed by atoms with van der Waals surface area (Å²) in [7, 11) is 0. The average molecular weight is 514 g/mol. The van der Waals surface area contributed by atoms with Crippen LogP contribution in [0.5, 0.6) is 5.75 Å². The summed E-state index contributed by atoms with van der Waals surface area (Å²) >= 11 is 1.54. The van der Waals surface area contributed by atoms with Gasteiger partial charge in [0.05, 0.1) is 11.7 Å². The van der Waals surface area contributed by atoms with Gasteiger partial charge in [-0.2, -0.15) is 13.5 Å². The number of phenols is 1. The molecule has 0 aliphatic carbocycles. The topological polar surface area (TPSA) is 118 Å². The Morgan fingerprint density at radius 1 is 1.26 bits per heavy atom. The van der Waals surface area contributed by atoms with Gasteiger partial charge in [-0.3, -0.25) is 19.4 Å². The van der Waals surface area contributed by atoms with Crippen molar-refractivity contribution in [3.63, 3.8) is 0 Å². The second kappa shape index (κ2) is 11.0. The number of aromatic nitrogens is 1. The molecule has 4 rings (SSSR count). The molecule has 1 aromatic carbocycles. The third kappa shape index (κ3) is 5.90. The van der Waals surface area contributed by atoms with Crippen molar-refractivity contribution in [3.8, 4) is 16.2 Å². The zero-order valence-electron chi connectivity index (χ0n) is 19.3. The number of carbonyl (C=O) groups is 3. The minimum Gasteiger partial charge on any atom is -0.508 e. The molecule has 184 valence electrons. The molecule has 0 radical (unpaired) electrons. The molecular formula is C25H27N3O5S2. The van der Waals surface area contributed by atoms with Gasteiger partial charge in [0.1, 0.15) is 23.9 Å². The molecule has 0 saturated carbocycles. The Kier molecular flexibility index (Phi) is 8.31. The lowest BCUT2D eigenvalue weighted by atomic mass is 9.92. The van der Waals surface area contributed by atoms with Crippen LogP contribution < -0.4 is 10.6 Å². The minimum atomic E-state index is -1.18. The summed E-state index contributed by atoms with van der Waals surface area (Å²) in [6.45, 7) is 3.27. The van der Waals surface area contributed by atoms with Crippen LogP contribution in [-0.4, -0.2) is 52.0 Å². The van der Waals surface area contributed by atoms with Gasteiger partial charge in [0.15, 0.2) is 5.78 Å². The van der Waals surface area contributed by atoms with Crippen LogP contribution in [0, 0.1) is 0 Å². The molecule has 0 unspecified atom stereocenters. The van der Waals surface area contributed by atoms with Crippen molar-refractivity contribution >= 4 is 42.4 Å². The van der Waals surface area contributed by atoms with E-state index in [1.54, 1.807) is 38.2 Å². The number of nitrogens with zero attached hydrogens (tertiary/aromatic N) is 1. The van der Waals surface area contributed by atoms with Crippen LogP contribution in [0.4, 0.5) is 0 Å². The quantitative estimate of drug-likeness (QED) is 0.447. The number of benzene rings is 1. The SMILES string of the molecule is C[C@H]1OCC(=O)[C@]1(C)NC(=O)[C@H](Cc1ccc(O)cc1)NC(=O)c1cncc(-c2cccs2)c1.S. The number of Topliss-reactive ketones (excluding diaryl/α,β-unsaturated/α-hetero) is 1. The number of pyridine rings is 1. The van der Waals surface area contributed by atoms with E-state index < -0.39 is 29.5 Å². The number of thiophene rings is 1. The van der Waals surface area contributed by atoms with Gasteiger partial charge in [-0.1, -0.05) is 18.2 Å². The summed E-state index contributed by atoms with van der Waals surface area (Å²) < 4.78 is 5.41. The molecule has 1 aliphatic heterocycles. The van der Waals surface area contributed by atoms with E-state index in [1.165, 1.54) is 29.7 Å². The third-order valence-electron chi connectivity index (χ3n) is 6.04. The molecule has 3 aromatic rings. The molecule has 0 bridgehead atoms. The van der Waals surface area contributed by atoms with Crippen LogP contribution in [0.25, 0.3) is 10.4 Å². The molecule has 1 fully saturated rings. The van der Waals surface area contributed by atoms with Crippen molar-refractivity contribution in [2.45, 2.75) is 38.0 Å². The second-order valence-electron chi connectivity index (χ2n) is 8.40. The summed E-state index contributed by atoms with van der Waals surface area (Å²) in [5.41, 5.74) is 0.665. The summed E-state index contributed by atoms with van der Waals surface area (Å²) in [5.74, 6) is -1.09. The van der Waals surface area contributed by atoms with Gasteiger partial charge in [-0.25, -0.2) is 0 Å². The van der Waals surface area contributed by atoms with Gasteiger partial charge in [0, 0.05) is 29.3 Å². The molecule has 3 N–H and O–H groups in total. The predicted octanol–water partition coefficient (Wildman–Crippen LogP) is 2.83. The van der Waals surface area contributed by atoms with E-state index in [1.807, 2.05) is 17.5 Å². The molecule has 35 heavy (non-hydrogen) atoms. The molecule has 1 aliphatic rings. The van der Waals surface area contributed by atoms with Crippen LogP contribution >= 0.6 is 24.8 Å². The third-order valence-corrected chi connectivity index (χ3v) is 6.96. The zero-order valence-corrected chi connectivity index (χ0v) is 21.1. The molecule has 3 heterocycles. The van der Waals surface area contributed by atoms with E-state index >= 15 is 0 Å². The van der Waals surface area contributed by atoms with E-state index in [9.17, 15) is 19.5 Å². The first-order chi connectivity index (χ1) is 16.3. The van der Waals surface area contributed by atoms with Crippen molar-refractivity contribution in [2.75, 3.05) is 6.61 Å². The van der Waals surface area contributed by atoms with E-state index in [2.05, 4.69) is 15.6 Å². The van der Waals surface area contributed by atoms with Crippen LogP contribution in [0.1, 0.15) is 29.8 Å². The van der Waals surface area contributed by atoms with E-state index in [4.69, 9.17) is 4.74 Å². The maximum atomic E-state index is 13.3. The number of hydrogen-bond donors (Lipinski definition) is 3. The normalized spacial score (nSPS) is 20.1. The Bertz CT molecular complexity index is 1200. The predicted molar refractivity (Wildman–Crippen MR) is 138 cm³/mol. The Balaban J connectivity index is 0.00000342. The highest BCUT2D eigenvalue weighted by Crippen LogP contribution is 2.25. The number of rotatable bonds is 7. The van der Waals surface area contributed by atoms with Crippen LogP contribution in [-0.2, 0) is 20.7 Å². The number of carbonyl (C=O) groups excluding carboxylic acids is 3. The Morgan fingerprint density at radius 2 is 2.00 bits per heavy atom. The van der Waals surface area contributed by atoms with E-state index in [-0.39, 0.29) is 38.1 Å². The Labute approximate surface area is 214 Å². The highest BCUT2D eigenvalue weighted by Gasteiger charge is 2.47. The van der Waals surface area contributed by atoms with Gasteiger partial charge in [0.2, 0.25) is 5.91 Å². The maximum Gasteiger partial charge on any atom is 0.253 e. The molecular weight excluding hydrogens is 486 g/mol. The van der Waals surface area contributed by atoms with Crippen molar-refractivity contribution in [1.29, 1.82) is 0 Å². The molecule has 2 amide bonds. The fourth-order valence-corrected chi connectivity index (χ4v) is 4.43. The van der Waals surface area contributed by atoms with Crippen molar-refractivity contribution < 1.29 is 24.2 Å². The molecule has 10 heteroatoms. The van der Waals surface area contributed by atoms with Crippen LogP contribution in [0.2, 0.25) is 0 Å². The standard InChI is InChI=1S/C25H25N3O5S.H2S/c1-15-25(2,22(30)14-33-15)28-24(32)20(10-16-5-7-19(29)8-6-16)27-23(31)18-11-17(12-26-13-18)21-4-3-9-34-21;/h3-9,11-13,15,20,29H,10,14H2,1-2H3,(H,27,31)(H,28,32);1H2/t15-,20+,25-;/m1./s1. The lowest BCUT2D eigenvalue weighted by Crippen LogP contribution is -2.60. The molecule has 3 atom stereocenters. The number of aromatic hydroxyl groups is 1. The van der Waals surface area contributed by atoms with Crippen molar-refractivity contribution in [2.24, 2.45) is 0 Å². The zero-order chi connectivity index (χ0) is 24.3. The molecule has 1 saturated heterocycles. The number of ketones is 1. The molecule has 8 nitrogen and oxygen atoms in total. The van der Waals surface area contributed by atoms with Crippen LogP contribution in [0.3, 0.4) is 0 Å². The highest BCUT2D eigenvalue weighted by molar-refractivity contribution is 7.59.